The fourth-order valence-electron chi connectivity index (χ4n) is 0.546. The number of aliphatic hydroxyl groups is 2. The smallest absolute Gasteiger partial charge is 0.119 e. The van der Waals surface area contributed by atoms with Crippen molar-refractivity contribution < 1.29 is 58.3 Å². The first-order valence-corrected chi connectivity index (χ1v) is 4.92. The third kappa shape index (κ3) is 14.3. The molecular weight excluding hydrogens is 262 g/mol. The number of allylic oxidation sites excluding steroid dienone is 1. The van der Waals surface area contributed by atoms with Gasteiger partial charge in [0.2, 0.25) is 0 Å². The molecule has 0 unspecified atom stereocenters. The second-order valence-electron chi connectivity index (χ2n) is 2.56. The molecule has 0 aliphatic rings. The molecule has 3 heteroatoms. The molecule has 4 N–H and O–H groups in total. The summed E-state index contributed by atoms with van der Waals surface area (Å²) in [5.74, 6) is 0. The summed E-state index contributed by atoms with van der Waals surface area (Å²) in [4.78, 5) is 0. The average Bonchev–Trinajstić information content (AvgIpc) is 2.96. The summed E-state index contributed by atoms with van der Waals surface area (Å²) < 4.78 is 276. The molecule has 2 atom stereocenters. The van der Waals surface area contributed by atoms with Crippen molar-refractivity contribution in [2.75, 3.05) is 6.56 Å². The van der Waals surface area contributed by atoms with Gasteiger partial charge in [0.25, 0.3) is 0 Å². The van der Waals surface area contributed by atoms with Crippen LogP contribution < -0.4 is 5.72 Å². The molecule has 3 nitrogen and oxygen atoms in total. The molecule has 0 aliphatic heterocycles. The topological polar surface area (TPSA) is 66.5 Å². The molecule has 0 spiro atoms. The van der Waals surface area contributed by atoms with Gasteiger partial charge in [0.15, 0.2) is 0 Å². The Bertz CT molecular complexity index is 1480. The Hall–Kier alpha value is -0.380. The second-order valence-corrected chi connectivity index (χ2v) is 2.56. The molecule has 21 heavy (non-hydrogen) atoms. The van der Waals surface area contributed by atoms with E-state index in [1.807, 2.05) is 0 Å². The minimum absolute atomic E-state index is 1.24. The van der Waals surface area contributed by atoms with Crippen molar-refractivity contribution in [1.82, 2.24) is 0 Å². The molecule has 0 rings (SSSR count). The minimum atomic E-state index is -5.19. The van der Waals surface area contributed by atoms with Crippen molar-refractivity contribution in [3.8, 4) is 0 Å². The van der Waals surface area contributed by atoms with E-state index in [-0.39, 0.29) is 0 Å². The Morgan fingerprint density at radius 2 is 1.71 bits per heavy atom. The summed E-state index contributed by atoms with van der Waals surface area (Å²) in [7, 11) is 0. The summed E-state index contributed by atoms with van der Waals surface area (Å²) in [5.41, 5.74) is -1.24. The monoisotopic (exact) mass is 335 g/mol. The van der Waals surface area contributed by atoms with Gasteiger partial charge in [0, 0.05) is 37.0 Å². The van der Waals surface area contributed by atoms with Crippen LogP contribution >= 0.6 is 0 Å². The Labute approximate surface area is 180 Å². The molecule has 0 aromatic rings. The van der Waals surface area contributed by atoms with Crippen molar-refractivity contribution in [2.24, 2.45) is 5.72 Å². The van der Waals surface area contributed by atoms with E-state index in [9.17, 15) is 10.2 Å². The van der Waals surface area contributed by atoms with Gasteiger partial charge in [-0.05, 0) is 12.7 Å². The molecule has 0 saturated heterocycles. The summed E-state index contributed by atoms with van der Waals surface area (Å²) >= 11 is 0. The van der Waals surface area contributed by atoms with E-state index in [1.54, 1.807) is 0 Å². The van der Waals surface area contributed by atoms with Gasteiger partial charge in [-0.2, -0.15) is 0 Å². The zero-order chi connectivity index (χ0) is 46.7. The van der Waals surface area contributed by atoms with Crippen molar-refractivity contribution in [1.29, 1.82) is 0 Å². The van der Waals surface area contributed by atoms with Gasteiger partial charge in [-0.25, -0.2) is 0 Å². The molecular formula is C18H37NO2. The standard InChI is InChI=1S/C18H37NO2/c1-2-3-4-5-6-7-8-9-10-11-12-13-14-15-18(21)17(19)16-20/h14-15,17-18,20-21H,2-13,16,19H2,1H3/b15-14+/t17-,18+/m0/s1/i1D3,2D2,3D2,4D2,5D2,6D2,7D2,8D2,9D2,10D2,11D2,12D2,13D2,14D,15D,16D2,17D,18D/hD2. The fraction of sp³-hybridized carbons (Fsp3) is 0.889. The first-order chi connectivity index (χ1) is 23.5. The highest BCUT2D eigenvalue weighted by atomic mass is 16.3. The van der Waals surface area contributed by atoms with E-state index < -0.39 is 120 Å². The van der Waals surface area contributed by atoms with Gasteiger partial charge < -0.3 is 15.9 Å². The van der Waals surface area contributed by atoms with Crippen molar-refractivity contribution in [2.45, 2.75) is 95.4 Å². The summed E-state index contributed by atoms with van der Waals surface area (Å²) in [6.45, 7) is -8.53. The lowest BCUT2D eigenvalue weighted by Gasteiger charge is -2.11. The molecule has 126 valence electrons. The van der Waals surface area contributed by atoms with E-state index >= 15 is 0 Å². The zero-order valence-corrected chi connectivity index (χ0v) is 10.3. The first kappa shape index (κ1) is 2.66. The third-order valence-electron chi connectivity index (χ3n) is 1.26. The molecule has 0 saturated carbocycles. The Morgan fingerprint density at radius 1 is 1.14 bits per heavy atom. The van der Waals surface area contributed by atoms with E-state index in [2.05, 4.69) is 0 Å². The SMILES string of the molecule is [2H]/C(=C(/[2H])[C@@]([2H])(O)[C@@]([2H])(N([2H])[2H])C([2H])([2H])O)C([2H])([2H])C([2H])([2H])C([2H])([2H])C([2H])([2H])C([2H])([2H])C([2H])([2H])C([2H])([2H])C([2H])([2H])C([2H])([2H])C([2H])([2H])C([2H])([2H])C([2H])([2H])C([2H])([2H])[2H]. The van der Waals surface area contributed by atoms with Crippen LogP contribution in [0, 0.1) is 0 Å². The van der Waals surface area contributed by atoms with Crippen LogP contribution in [0.15, 0.2) is 12.1 Å². The van der Waals surface area contributed by atoms with Gasteiger partial charge in [0.05, 0.1) is 26.9 Å². The van der Waals surface area contributed by atoms with Crippen LogP contribution in [0.3, 0.4) is 0 Å². The van der Waals surface area contributed by atoms with Crippen molar-refractivity contribution in [3.63, 3.8) is 0 Å². The third-order valence-corrected chi connectivity index (χ3v) is 1.26. The maximum Gasteiger partial charge on any atom is 0.119 e. The highest BCUT2D eigenvalue weighted by Gasteiger charge is 2.08. The molecule has 0 aromatic carbocycles. The molecule has 0 bridgehead atoms. The van der Waals surface area contributed by atoms with Crippen LogP contribution in [0.1, 0.15) is 129 Å². The molecule has 0 amide bonds. The normalized spacial score (nSPS) is 52.8. The van der Waals surface area contributed by atoms with Gasteiger partial charge in [-0.15, -0.1) is 0 Å². The van der Waals surface area contributed by atoms with Gasteiger partial charge in [0.1, 0.15) is 2.82 Å². The summed E-state index contributed by atoms with van der Waals surface area (Å²) in [6.07, 6.45) is -64.3. The van der Waals surface area contributed by atoms with Crippen LogP contribution in [-0.2, 0) is 0 Å². The summed E-state index contributed by atoms with van der Waals surface area (Å²) in [6, 6.07) is -9.49. The number of hydrogen-bond donors (Lipinski definition) is 3. The Morgan fingerprint density at radius 3 is 2.24 bits per heavy atom. The minimum Gasteiger partial charge on any atom is -0.395 e. The van der Waals surface area contributed by atoms with E-state index in [1.165, 1.54) is 0 Å². The highest BCUT2D eigenvalue weighted by molar-refractivity contribution is 4.93. The second kappa shape index (κ2) is 16.0. The van der Waals surface area contributed by atoms with E-state index in [4.69, 9.17) is 48.1 Å². The highest BCUT2D eigenvalue weighted by Crippen LogP contribution is 2.12. The lowest BCUT2D eigenvalue weighted by atomic mass is 10.0. The Kier molecular flexibility index (Phi) is 2.03. The van der Waals surface area contributed by atoms with Crippen LogP contribution in [0.4, 0.5) is 0 Å². The fourth-order valence-corrected chi connectivity index (χ4v) is 0.546. The predicted molar refractivity (Wildman–Crippen MR) is 91.3 cm³/mol. The zero-order valence-electron chi connectivity index (χ0n) is 45.3. The maximum absolute atomic E-state index is 10.5. The van der Waals surface area contributed by atoms with Crippen LogP contribution in [-0.4, -0.2) is 28.9 Å². The number of hydrogen-bond acceptors (Lipinski definition) is 3. The van der Waals surface area contributed by atoms with Crippen LogP contribution in [0.2, 0.25) is 2.82 Å². The lowest BCUT2D eigenvalue weighted by molar-refractivity contribution is 0.144. The van der Waals surface area contributed by atoms with Crippen LogP contribution in [0.5, 0.6) is 0 Å². The average molecular weight is 335 g/mol. The molecule has 0 heterocycles. The lowest BCUT2D eigenvalue weighted by Crippen LogP contribution is -2.36. The van der Waals surface area contributed by atoms with Crippen molar-refractivity contribution >= 4 is 0 Å². The summed E-state index contributed by atoms with van der Waals surface area (Å²) in [5, 5.41) is 20.2. The largest absolute Gasteiger partial charge is 0.395 e. The molecule has 0 aromatic heterocycles. The molecule has 0 aliphatic carbocycles. The van der Waals surface area contributed by atoms with Gasteiger partial charge in [-0.1, -0.05) is 82.7 Å². The van der Waals surface area contributed by atoms with E-state index in [0.717, 1.165) is 0 Å². The number of rotatable bonds is 16. The number of nitrogens with two attached hydrogens (primary N) is 1. The first-order valence-electron chi connectivity index (χ1n) is 22.3. The Balaban J connectivity index is 7.85. The van der Waals surface area contributed by atoms with E-state index in [0.29, 0.717) is 0 Å². The molecule has 0 radical (unpaired) electrons. The quantitative estimate of drug-likeness (QED) is 0.375. The van der Waals surface area contributed by atoms with Crippen LogP contribution in [0.25, 0.3) is 0 Å². The predicted octanol–water partition coefficient (Wildman–Crippen LogP) is 3.92. The van der Waals surface area contributed by atoms with Crippen molar-refractivity contribution in [3.05, 3.63) is 12.1 Å². The molecule has 0 fully saturated rings. The maximum atomic E-state index is 10.5. The van der Waals surface area contributed by atoms with Gasteiger partial charge >= 0.3 is 0 Å². The van der Waals surface area contributed by atoms with Gasteiger partial charge in [-0.3, -0.25) is 0 Å².